The molecule has 1 aromatic carbocycles. The van der Waals surface area contributed by atoms with Gasteiger partial charge in [0.2, 0.25) is 0 Å². The maximum absolute atomic E-state index is 13.0. The fourth-order valence-electron chi connectivity index (χ4n) is 2.94. The zero-order valence-electron chi connectivity index (χ0n) is 17.9. The van der Waals surface area contributed by atoms with Crippen molar-refractivity contribution in [3.05, 3.63) is 77.2 Å². The average Bonchev–Trinajstić information content (AvgIpc) is 2.78. The zero-order chi connectivity index (χ0) is 22.4. The minimum atomic E-state index is -1.01. The third kappa shape index (κ3) is 6.10. The number of hydrogen-bond donors (Lipinski definition) is 3. The number of aromatic nitrogens is 2. The number of benzene rings is 1. The quantitative estimate of drug-likeness (QED) is 0.517. The van der Waals surface area contributed by atoms with Crippen molar-refractivity contribution in [2.24, 2.45) is 0 Å². The maximum atomic E-state index is 13.0. The second kappa shape index (κ2) is 10.1. The molecule has 0 aliphatic rings. The van der Waals surface area contributed by atoms with Crippen molar-refractivity contribution in [1.29, 1.82) is 0 Å². The summed E-state index contributed by atoms with van der Waals surface area (Å²) in [4.78, 5) is 21.7. The lowest BCUT2D eigenvalue weighted by molar-refractivity contribution is 0.0536. The summed E-state index contributed by atoms with van der Waals surface area (Å²) in [5.41, 5.74) is 4.65. The highest BCUT2D eigenvalue weighted by atomic mass is 16.5. The van der Waals surface area contributed by atoms with Gasteiger partial charge in [-0.25, -0.2) is 0 Å². The van der Waals surface area contributed by atoms with E-state index in [-0.39, 0.29) is 18.6 Å². The highest BCUT2D eigenvalue weighted by Gasteiger charge is 2.15. The number of carbonyl (C=O) groups is 1. The first kappa shape index (κ1) is 22.4. The molecule has 2 aromatic heterocycles. The van der Waals surface area contributed by atoms with Crippen LogP contribution in [0, 0.1) is 13.8 Å². The largest absolute Gasteiger partial charge is 0.491 e. The number of carbonyl (C=O) groups excluding carboxylic acids is 1. The number of nitrogens with one attached hydrogen (secondary N) is 1. The van der Waals surface area contributed by atoms with Crippen LogP contribution in [-0.2, 0) is 0 Å². The first-order valence-corrected chi connectivity index (χ1v) is 10.1. The fraction of sp³-hybridized carbons (Fsp3) is 0.292. The van der Waals surface area contributed by atoms with Crippen molar-refractivity contribution in [2.45, 2.75) is 32.9 Å². The Bertz CT molecular complexity index is 1020. The summed E-state index contributed by atoms with van der Waals surface area (Å²) < 4.78 is 5.61. The van der Waals surface area contributed by atoms with Crippen LogP contribution in [-0.4, -0.2) is 45.4 Å². The van der Waals surface area contributed by atoms with E-state index < -0.39 is 12.7 Å². The number of rotatable bonds is 8. The van der Waals surface area contributed by atoms with Gasteiger partial charge in [-0.05, 0) is 62.2 Å². The molecule has 0 bridgehead atoms. The van der Waals surface area contributed by atoms with Crippen molar-refractivity contribution in [3.8, 4) is 17.0 Å². The van der Waals surface area contributed by atoms with E-state index in [2.05, 4.69) is 15.3 Å². The molecular formula is C24H27N3O4. The Hall–Kier alpha value is -3.29. The smallest absolute Gasteiger partial charge is 0.251 e. The van der Waals surface area contributed by atoms with E-state index >= 15 is 0 Å². The Labute approximate surface area is 181 Å². The lowest BCUT2D eigenvalue weighted by Crippen LogP contribution is -2.27. The number of aryl methyl sites for hydroxylation is 2. The van der Waals surface area contributed by atoms with E-state index in [9.17, 15) is 9.90 Å². The summed E-state index contributed by atoms with van der Waals surface area (Å²) in [6.07, 6.45) is 2.50. The Balaban J connectivity index is 1.87. The molecule has 0 radical (unpaired) electrons. The molecule has 0 spiro atoms. The van der Waals surface area contributed by atoms with Crippen LogP contribution in [0.5, 0.6) is 5.75 Å². The molecule has 1 unspecified atom stereocenters. The zero-order valence-corrected chi connectivity index (χ0v) is 17.9. The Kier molecular flexibility index (Phi) is 7.33. The molecule has 0 saturated carbocycles. The van der Waals surface area contributed by atoms with Crippen molar-refractivity contribution in [3.63, 3.8) is 0 Å². The van der Waals surface area contributed by atoms with Crippen molar-refractivity contribution < 1.29 is 19.7 Å². The fourth-order valence-corrected chi connectivity index (χ4v) is 2.94. The minimum absolute atomic E-state index is 0.0895. The van der Waals surface area contributed by atoms with Gasteiger partial charge in [-0.15, -0.1) is 0 Å². The van der Waals surface area contributed by atoms with Crippen LogP contribution in [0.15, 0.2) is 54.9 Å². The molecule has 0 aliphatic heterocycles. The van der Waals surface area contributed by atoms with Gasteiger partial charge in [0.25, 0.3) is 5.91 Å². The van der Waals surface area contributed by atoms with Crippen LogP contribution < -0.4 is 10.1 Å². The van der Waals surface area contributed by atoms with Crippen LogP contribution >= 0.6 is 0 Å². The third-order valence-electron chi connectivity index (χ3n) is 4.81. The van der Waals surface area contributed by atoms with Gasteiger partial charge in [0, 0.05) is 29.2 Å². The Morgan fingerprint density at radius 1 is 1.10 bits per heavy atom. The van der Waals surface area contributed by atoms with Crippen LogP contribution in [0.1, 0.15) is 40.1 Å². The number of amides is 1. The topological polar surface area (TPSA) is 105 Å². The van der Waals surface area contributed by atoms with Gasteiger partial charge in [-0.3, -0.25) is 14.8 Å². The molecule has 0 saturated heterocycles. The summed E-state index contributed by atoms with van der Waals surface area (Å²) in [5.74, 6) is 0.136. The van der Waals surface area contributed by atoms with Crippen LogP contribution in [0.4, 0.5) is 0 Å². The molecule has 7 nitrogen and oxygen atoms in total. The van der Waals surface area contributed by atoms with Crippen molar-refractivity contribution >= 4 is 5.91 Å². The molecule has 2 heterocycles. The normalized spacial score (nSPS) is 12.8. The summed E-state index contributed by atoms with van der Waals surface area (Å²) in [6.45, 7) is 5.26. The lowest BCUT2D eigenvalue weighted by atomic mass is 10.0. The van der Waals surface area contributed by atoms with Crippen LogP contribution in [0.3, 0.4) is 0 Å². The lowest BCUT2D eigenvalue weighted by Gasteiger charge is -2.16. The second-order valence-electron chi connectivity index (χ2n) is 7.54. The first-order chi connectivity index (χ1) is 14.9. The van der Waals surface area contributed by atoms with Crippen LogP contribution in [0.2, 0.25) is 0 Å². The highest BCUT2D eigenvalue weighted by molar-refractivity contribution is 5.96. The molecule has 0 fully saturated rings. The van der Waals surface area contributed by atoms with Gasteiger partial charge in [0.05, 0.1) is 18.3 Å². The van der Waals surface area contributed by atoms with Crippen LogP contribution in [0.25, 0.3) is 11.3 Å². The maximum Gasteiger partial charge on any atom is 0.251 e. The van der Waals surface area contributed by atoms with E-state index in [0.29, 0.717) is 22.6 Å². The SMILES string of the molecule is Cc1ccc(-c2cc(OCC(O)CO)cc(C(=O)N[C@H](C)c3ccc(C)nc3)c2)nc1. The van der Waals surface area contributed by atoms with Crippen molar-refractivity contribution in [2.75, 3.05) is 13.2 Å². The van der Waals surface area contributed by atoms with E-state index in [4.69, 9.17) is 9.84 Å². The molecule has 1 amide bonds. The van der Waals surface area contributed by atoms with E-state index in [1.807, 2.05) is 45.0 Å². The van der Waals surface area contributed by atoms with Gasteiger partial charge < -0.3 is 20.3 Å². The van der Waals surface area contributed by atoms with E-state index in [1.165, 1.54) is 0 Å². The molecular weight excluding hydrogens is 394 g/mol. The van der Waals surface area contributed by atoms with Gasteiger partial charge >= 0.3 is 0 Å². The minimum Gasteiger partial charge on any atom is -0.491 e. The van der Waals surface area contributed by atoms with Gasteiger partial charge in [-0.1, -0.05) is 12.1 Å². The monoisotopic (exact) mass is 421 g/mol. The third-order valence-corrected chi connectivity index (χ3v) is 4.81. The van der Waals surface area contributed by atoms with Crippen molar-refractivity contribution in [1.82, 2.24) is 15.3 Å². The molecule has 31 heavy (non-hydrogen) atoms. The molecule has 162 valence electrons. The summed E-state index contributed by atoms with van der Waals surface area (Å²) >= 11 is 0. The number of pyridine rings is 2. The van der Waals surface area contributed by atoms with Gasteiger partial charge in [-0.2, -0.15) is 0 Å². The summed E-state index contributed by atoms with van der Waals surface area (Å²) in [5, 5.41) is 21.6. The van der Waals surface area contributed by atoms with Gasteiger partial charge in [0.1, 0.15) is 18.5 Å². The molecule has 3 N–H and O–H groups in total. The molecule has 7 heteroatoms. The standard InChI is InChI=1S/C24H27N3O4/c1-15-4-7-23(26-11-15)19-8-20(10-22(9-19)31-14-21(29)13-28)24(30)27-17(3)18-6-5-16(2)25-12-18/h4-12,17,21,28-29H,13-14H2,1-3H3,(H,27,30)/t17-,21?/m1/s1. The number of aliphatic hydroxyl groups excluding tert-OH is 2. The molecule has 2 atom stereocenters. The molecule has 0 aliphatic carbocycles. The first-order valence-electron chi connectivity index (χ1n) is 10.1. The van der Waals surface area contributed by atoms with Gasteiger partial charge in [0.15, 0.2) is 0 Å². The van der Waals surface area contributed by atoms with E-state index in [1.54, 1.807) is 30.6 Å². The number of aliphatic hydroxyl groups is 2. The molecule has 3 rings (SSSR count). The average molecular weight is 421 g/mol. The Morgan fingerprint density at radius 3 is 2.55 bits per heavy atom. The predicted molar refractivity (Wildman–Crippen MR) is 118 cm³/mol. The number of nitrogens with zero attached hydrogens (tertiary/aromatic N) is 2. The van der Waals surface area contributed by atoms with E-state index in [0.717, 1.165) is 16.8 Å². The Morgan fingerprint density at radius 2 is 1.90 bits per heavy atom. The molecule has 3 aromatic rings. The second-order valence-corrected chi connectivity index (χ2v) is 7.54. The number of hydrogen-bond acceptors (Lipinski definition) is 6. The summed E-state index contributed by atoms with van der Waals surface area (Å²) in [6, 6.07) is 12.5. The predicted octanol–water partition coefficient (Wildman–Crippen LogP) is 2.98. The summed E-state index contributed by atoms with van der Waals surface area (Å²) in [7, 11) is 0. The number of ether oxygens (including phenoxy) is 1. The highest BCUT2D eigenvalue weighted by Crippen LogP contribution is 2.26.